The number of halogens is 1. The first-order chi connectivity index (χ1) is 7.58. The van der Waals surface area contributed by atoms with Crippen LogP contribution in [-0.2, 0) is 6.42 Å². The van der Waals surface area contributed by atoms with Crippen molar-refractivity contribution in [3.05, 3.63) is 34.9 Å². The van der Waals surface area contributed by atoms with Gasteiger partial charge in [0.05, 0.1) is 0 Å². The van der Waals surface area contributed by atoms with Crippen LogP contribution in [-0.4, -0.2) is 38.1 Å². The topological polar surface area (TPSA) is 15.3 Å². The molecular weight excluding hydrogens is 220 g/mol. The molecule has 0 spiro atoms. The van der Waals surface area contributed by atoms with Crippen molar-refractivity contribution in [1.29, 1.82) is 0 Å². The number of nitrogens with one attached hydrogen (secondary N) is 1. The summed E-state index contributed by atoms with van der Waals surface area (Å²) in [7, 11) is 4.18. The second-order valence-corrected chi connectivity index (χ2v) is 4.93. The maximum atomic E-state index is 5.85. The largest absolute Gasteiger partial charge is 0.313 e. The van der Waals surface area contributed by atoms with Crippen LogP contribution in [0.25, 0.3) is 0 Å². The first-order valence-corrected chi connectivity index (χ1v) is 6.08. The third kappa shape index (κ3) is 5.50. The summed E-state index contributed by atoms with van der Waals surface area (Å²) in [4.78, 5) is 2.18. The Morgan fingerprint density at radius 2 is 1.88 bits per heavy atom. The normalized spacial score (nSPS) is 13.1. The number of benzene rings is 1. The van der Waals surface area contributed by atoms with Gasteiger partial charge in [0.2, 0.25) is 0 Å². The van der Waals surface area contributed by atoms with Crippen LogP contribution in [0.4, 0.5) is 0 Å². The molecule has 0 amide bonds. The van der Waals surface area contributed by atoms with Crippen molar-refractivity contribution in [2.45, 2.75) is 19.4 Å². The fraction of sp³-hybridized carbons (Fsp3) is 0.538. The summed E-state index contributed by atoms with van der Waals surface area (Å²) in [6, 6.07) is 8.58. The van der Waals surface area contributed by atoms with E-state index in [2.05, 4.69) is 43.4 Å². The van der Waals surface area contributed by atoms with Crippen LogP contribution in [0, 0.1) is 0 Å². The number of likely N-dealkylation sites (N-methyl/N-ethyl adjacent to an activating group) is 1. The molecule has 3 heteroatoms. The lowest BCUT2D eigenvalue weighted by Gasteiger charge is -2.16. The Balaban J connectivity index is 2.28. The van der Waals surface area contributed by atoms with Crippen molar-refractivity contribution in [3.63, 3.8) is 0 Å². The van der Waals surface area contributed by atoms with Gasteiger partial charge >= 0.3 is 0 Å². The Hall–Kier alpha value is -0.570. The maximum Gasteiger partial charge on any atom is 0.0406 e. The smallest absolute Gasteiger partial charge is 0.0406 e. The molecule has 0 aliphatic carbocycles. The van der Waals surface area contributed by atoms with Crippen LogP contribution >= 0.6 is 11.6 Å². The summed E-state index contributed by atoms with van der Waals surface area (Å²) in [6.45, 7) is 4.32. The number of rotatable bonds is 6. The molecule has 1 atom stereocenters. The highest BCUT2D eigenvalue weighted by Crippen LogP contribution is 2.10. The van der Waals surface area contributed by atoms with Gasteiger partial charge in [-0.3, -0.25) is 0 Å². The van der Waals surface area contributed by atoms with E-state index in [0.29, 0.717) is 6.04 Å². The molecule has 1 unspecified atom stereocenters. The molecule has 1 aromatic rings. The molecule has 0 saturated heterocycles. The van der Waals surface area contributed by atoms with Crippen molar-refractivity contribution in [1.82, 2.24) is 10.2 Å². The van der Waals surface area contributed by atoms with E-state index >= 15 is 0 Å². The maximum absolute atomic E-state index is 5.85. The number of nitrogens with zero attached hydrogens (tertiary/aromatic N) is 1. The lowest BCUT2D eigenvalue weighted by Crippen LogP contribution is -2.34. The first kappa shape index (κ1) is 13.5. The summed E-state index contributed by atoms with van der Waals surface area (Å²) in [5, 5.41) is 4.31. The van der Waals surface area contributed by atoms with E-state index in [0.717, 1.165) is 24.5 Å². The summed E-state index contributed by atoms with van der Waals surface area (Å²) in [6.07, 6.45) is 1.05. The van der Waals surface area contributed by atoms with Crippen LogP contribution in [0.15, 0.2) is 24.3 Å². The Morgan fingerprint density at radius 1 is 1.25 bits per heavy atom. The molecule has 0 heterocycles. The van der Waals surface area contributed by atoms with Crippen LogP contribution in [0.5, 0.6) is 0 Å². The van der Waals surface area contributed by atoms with Gasteiger partial charge in [-0.25, -0.2) is 0 Å². The van der Waals surface area contributed by atoms with Crippen molar-refractivity contribution in [2.75, 3.05) is 27.2 Å². The Bertz CT molecular complexity index is 295. The van der Waals surface area contributed by atoms with Gasteiger partial charge in [0, 0.05) is 24.2 Å². The fourth-order valence-corrected chi connectivity index (χ4v) is 1.71. The van der Waals surface area contributed by atoms with E-state index in [1.54, 1.807) is 0 Å². The molecule has 0 saturated carbocycles. The van der Waals surface area contributed by atoms with Gasteiger partial charge in [-0.15, -0.1) is 0 Å². The first-order valence-electron chi connectivity index (χ1n) is 5.70. The van der Waals surface area contributed by atoms with Crippen LogP contribution in [0.2, 0.25) is 5.02 Å². The standard InChI is InChI=1S/C13H21ClN2/c1-11(15-8-9-16(2)3)10-12-4-6-13(14)7-5-12/h4-7,11,15H,8-10H2,1-3H3. The molecule has 0 aromatic heterocycles. The van der Waals surface area contributed by atoms with Gasteiger partial charge in [-0.2, -0.15) is 0 Å². The predicted molar refractivity (Wildman–Crippen MR) is 71.2 cm³/mol. The van der Waals surface area contributed by atoms with Crippen molar-refractivity contribution >= 4 is 11.6 Å². The second-order valence-electron chi connectivity index (χ2n) is 4.49. The highest BCUT2D eigenvalue weighted by atomic mass is 35.5. The van der Waals surface area contributed by atoms with Gasteiger partial charge in [-0.05, 0) is 45.1 Å². The van der Waals surface area contributed by atoms with Crippen LogP contribution < -0.4 is 5.32 Å². The molecule has 0 bridgehead atoms. The molecule has 0 aliphatic heterocycles. The van der Waals surface area contributed by atoms with Gasteiger partial charge in [0.25, 0.3) is 0 Å². The Morgan fingerprint density at radius 3 is 2.44 bits per heavy atom. The second kappa shape index (κ2) is 6.89. The molecule has 16 heavy (non-hydrogen) atoms. The summed E-state index contributed by atoms with van der Waals surface area (Å²) < 4.78 is 0. The van der Waals surface area contributed by atoms with E-state index in [9.17, 15) is 0 Å². The molecule has 90 valence electrons. The minimum absolute atomic E-state index is 0.501. The highest BCUT2D eigenvalue weighted by molar-refractivity contribution is 6.30. The molecule has 1 N–H and O–H groups in total. The molecule has 0 aliphatic rings. The van der Waals surface area contributed by atoms with Gasteiger partial charge in [-0.1, -0.05) is 23.7 Å². The lowest BCUT2D eigenvalue weighted by atomic mass is 10.1. The molecule has 1 rings (SSSR count). The molecule has 2 nitrogen and oxygen atoms in total. The van der Waals surface area contributed by atoms with E-state index in [4.69, 9.17) is 11.6 Å². The monoisotopic (exact) mass is 240 g/mol. The average Bonchev–Trinajstić information content (AvgIpc) is 2.21. The predicted octanol–water partition coefficient (Wildman–Crippen LogP) is 2.42. The molecule has 1 aromatic carbocycles. The van der Waals surface area contributed by atoms with Crippen LogP contribution in [0.3, 0.4) is 0 Å². The van der Waals surface area contributed by atoms with Crippen molar-refractivity contribution in [3.8, 4) is 0 Å². The van der Waals surface area contributed by atoms with Crippen LogP contribution in [0.1, 0.15) is 12.5 Å². The SMILES string of the molecule is CC(Cc1ccc(Cl)cc1)NCCN(C)C. The Kier molecular flexibility index (Phi) is 5.81. The van der Waals surface area contributed by atoms with E-state index in [1.807, 2.05) is 12.1 Å². The fourth-order valence-electron chi connectivity index (χ4n) is 1.58. The number of hydrogen-bond acceptors (Lipinski definition) is 2. The van der Waals surface area contributed by atoms with Gasteiger partial charge in [0.1, 0.15) is 0 Å². The van der Waals surface area contributed by atoms with Gasteiger partial charge < -0.3 is 10.2 Å². The van der Waals surface area contributed by atoms with Crippen molar-refractivity contribution < 1.29 is 0 Å². The zero-order valence-electron chi connectivity index (χ0n) is 10.3. The quantitative estimate of drug-likeness (QED) is 0.822. The van der Waals surface area contributed by atoms with Gasteiger partial charge in [0.15, 0.2) is 0 Å². The van der Waals surface area contributed by atoms with Crippen molar-refractivity contribution in [2.24, 2.45) is 0 Å². The van der Waals surface area contributed by atoms with E-state index in [-0.39, 0.29) is 0 Å². The lowest BCUT2D eigenvalue weighted by molar-refractivity contribution is 0.387. The third-order valence-electron chi connectivity index (χ3n) is 2.51. The third-order valence-corrected chi connectivity index (χ3v) is 2.76. The summed E-state index contributed by atoms with van der Waals surface area (Å²) >= 11 is 5.85. The summed E-state index contributed by atoms with van der Waals surface area (Å²) in [5.74, 6) is 0. The minimum Gasteiger partial charge on any atom is -0.313 e. The molecular formula is C13H21ClN2. The number of hydrogen-bond donors (Lipinski definition) is 1. The zero-order chi connectivity index (χ0) is 12.0. The minimum atomic E-state index is 0.501. The zero-order valence-corrected chi connectivity index (χ0v) is 11.1. The van der Waals surface area contributed by atoms with E-state index < -0.39 is 0 Å². The average molecular weight is 241 g/mol. The molecule has 0 fully saturated rings. The highest BCUT2D eigenvalue weighted by Gasteiger charge is 2.02. The summed E-state index contributed by atoms with van der Waals surface area (Å²) in [5.41, 5.74) is 1.33. The molecule has 0 radical (unpaired) electrons. The van der Waals surface area contributed by atoms with E-state index in [1.165, 1.54) is 5.56 Å². The Labute approximate surface area is 104 Å².